The molecule has 0 atom stereocenters. The molecule has 0 radical (unpaired) electrons. The lowest BCUT2D eigenvalue weighted by molar-refractivity contribution is 0.616. The summed E-state index contributed by atoms with van der Waals surface area (Å²) in [6.07, 6.45) is 6.45. The van der Waals surface area contributed by atoms with Gasteiger partial charge >= 0.3 is 0 Å². The third-order valence-corrected chi connectivity index (χ3v) is 2.43. The van der Waals surface area contributed by atoms with Gasteiger partial charge in [-0.1, -0.05) is 11.3 Å². The molecule has 0 unspecified atom stereocenters. The quantitative estimate of drug-likeness (QED) is 0.743. The maximum absolute atomic E-state index is 4.08. The van der Waals surface area contributed by atoms with Gasteiger partial charge in [-0.2, -0.15) is 0 Å². The molecular weight excluding hydrogens is 202 g/mol. The Balaban J connectivity index is 1.72. The van der Waals surface area contributed by atoms with Gasteiger partial charge in [-0.25, -0.2) is 0 Å². The van der Waals surface area contributed by atoms with Crippen molar-refractivity contribution >= 4 is 0 Å². The number of nitrogens with zero attached hydrogens (tertiary/aromatic N) is 4. The topological polar surface area (TPSA) is 55.6 Å². The smallest absolute Gasteiger partial charge is 0.0738 e. The second kappa shape index (κ2) is 5.37. The number of rotatable bonds is 5. The van der Waals surface area contributed by atoms with Crippen LogP contribution in [0.15, 0.2) is 30.7 Å². The zero-order valence-electron chi connectivity index (χ0n) is 9.30. The van der Waals surface area contributed by atoms with Crippen molar-refractivity contribution < 1.29 is 0 Å². The average Bonchev–Trinajstić information content (AvgIpc) is 2.72. The van der Waals surface area contributed by atoms with E-state index in [1.165, 1.54) is 5.56 Å². The summed E-state index contributed by atoms with van der Waals surface area (Å²) in [6, 6.07) is 4.04. The Hall–Kier alpha value is -1.75. The lowest BCUT2D eigenvalue weighted by Gasteiger charge is -2.04. The molecule has 2 heterocycles. The molecule has 0 amide bonds. The molecule has 2 rings (SSSR count). The number of aryl methyl sites for hydroxylation is 1. The lowest BCUT2D eigenvalue weighted by Crippen LogP contribution is -2.18. The summed E-state index contributed by atoms with van der Waals surface area (Å²) in [7, 11) is 1.89. The van der Waals surface area contributed by atoms with Crippen LogP contribution in [0.3, 0.4) is 0 Å². The minimum atomic E-state index is 0.795. The molecule has 5 heteroatoms. The van der Waals surface area contributed by atoms with Crippen LogP contribution in [0.2, 0.25) is 0 Å². The van der Waals surface area contributed by atoms with Gasteiger partial charge in [-0.15, -0.1) is 5.10 Å². The van der Waals surface area contributed by atoms with E-state index in [1.807, 2.05) is 19.3 Å². The SMILES string of the molecule is Cn1nncc1CNCCc1cccnc1. The molecule has 2 aromatic heterocycles. The summed E-state index contributed by atoms with van der Waals surface area (Å²) in [5.74, 6) is 0. The van der Waals surface area contributed by atoms with Crippen LogP contribution in [-0.2, 0) is 20.0 Å². The number of pyridine rings is 1. The number of aromatic nitrogens is 4. The van der Waals surface area contributed by atoms with Gasteiger partial charge in [0.1, 0.15) is 0 Å². The summed E-state index contributed by atoms with van der Waals surface area (Å²) >= 11 is 0. The van der Waals surface area contributed by atoms with Gasteiger partial charge < -0.3 is 5.32 Å². The highest BCUT2D eigenvalue weighted by Gasteiger charge is 1.98. The van der Waals surface area contributed by atoms with E-state index in [-0.39, 0.29) is 0 Å². The van der Waals surface area contributed by atoms with Crippen molar-refractivity contribution in [3.63, 3.8) is 0 Å². The number of hydrogen-bond donors (Lipinski definition) is 1. The molecule has 2 aromatic rings. The first-order valence-corrected chi connectivity index (χ1v) is 5.29. The molecule has 0 bridgehead atoms. The molecule has 1 N–H and O–H groups in total. The molecule has 0 aromatic carbocycles. The molecule has 0 aliphatic heterocycles. The molecule has 84 valence electrons. The van der Waals surface area contributed by atoms with Crippen LogP contribution in [0.5, 0.6) is 0 Å². The highest BCUT2D eigenvalue weighted by molar-refractivity contribution is 5.08. The Bertz CT molecular complexity index is 423. The molecule has 0 aliphatic carbocycles. The van der Waals surface area contributed by atoms with Crippen molar-refractivity contribution in [3.05, 3.63) is 42.0 Å². The Morgan fingerprint density at radius 1 is 1.38 bits per heavy atom. The summed E-state index contributed by atoms with van der Waals surface area (Å²) in [5.41, 5.74) is 2.34. The summed E-state index contributed by atoms with van der Waals surface area (Å²) in [4.78, 5) is 4.08. The number of hydrogen-bond acceptors (Lipinski definition) is 4. The van der Waals surface area contributed by atoms with Crippen LogP contribution < -0.4 is 5.32 Å². The van der Waals surface area contributed by atoms with Crippen molar-refractivity contribution in [2.45, 2.75) is 13.0 Å². The van der Waals surface area contributed by atoms with E-state index in [2.05, 4.69) is 26.7 Å². The standard InChI is InChI=1S/C11H15N5/c1-16-11(9-14-15-16)8-13-6-4-10-3-2-5-12-7-10/h2-3,5,7,9,13H,4,6,8H2,1H3. The maximum Gasteiger partial charge on any atom is 0.0738 e. The molecule has 0 fully saturated rings. The third-order valence-electron chi connectivity index (χ3n) is 2.43. The van der Waals surface area contributed by atoms with Gasteiger partial charge in [0.05, 0.1) is 11.9 Å². The van der Waals surface area contributed by atoms with Crippen LogP contribution in [0.25, 0.3) is 0 Å². The van der Waals surface area contributed by atoms with E-state index < -0.39 is 0 Å². The summed E-state index contributed by atoms with van der Waals surface area (Å²) in [5, 5.41) is 11.0. The largest absolute Gasteiger partial charge is 0.311 e. The van der Waals surface area contributed by atoms with Gasteiger partial charge in [0.25, 0.3) is 0 Å². The van der Waals surface area contributed by atoms with Crippen molar-refractivity contribution in [2.75, 3.05) is 6.54 Å². The normalized spacial score (nSPS) is 10.6. The average molecular weight is 217 g/mol. The highest BCUT2D eigenvalue weighted by Crippen LogP contribution is 1.96. The van der Waals surface area contributed by atoms with Crippen LogP contribution in [0.1, 0.15) is 11.3 Å². The van der Waals surface area contributed by atoms with Crippen LogP contribution in [0, 0.1) is 0 Å². The van der Waals surface area contributed by atoms with Gasteiger partial charge in [0.15, 0.2) is 0 Å². The fraction of sp³-hybridized carbons (Fsp3) is 0.364. The van der Waals surface area contributed by atoms with Gasteiger partial charge in [0, 0.05) is 26.0 Å². The molecule has 0 saturated carbocycles. The third kappa shape index (κ3) is 2.87. The minimum absolute atomic E-state index is 0.795. The second-order valence-corrected chi connectivity index (χ2v) is 3.64. The highest BCUT2D eigenvalue weighted by atomic mass is 15.4. The fourth-order valence-corrected chi connectivity index (χ4v) is 1.47. The van der Waals surface area contributed by atoms with Gasteiger partial charge in [-0.05, 0) is 24.6 Å². The van der Waals surface area contributed by atoms with Crippen molar-refractivity contribution in [1.29, 1.82) is 0 Å². The summed E-state index contributed by atoms with van der Waals surface area (Å²) in [6.45, 7) is 1.72. The predicted octanol–water partition coefficient (Wildman–Crippen LogP) is 0.542. The predicted molar refractivity (Wildman–Crippen MR) is 60.7 cm³/mol. The van der Waals surface area contributed by atoms with Crippen LogP contribution in [-0.4, -0.2) is 26.5 Å². The maximum atomic E-state index is 4.08. The molecule has 0 spiro atoms. The van der Waals surface area contributed by atoms with E-state index in [0.717, 1.165) is 25.2 Å². The summed E-state index contributed by atoms with van der Waals surface area (Å²) < 4.78 is 1.77. The van der Waals surface area contributed by atoms with Crippen LogP contribution >= 0.6 is 0 Å². The lowest BCUT2D eigenvalue weighted by atomic mass is 10.2. The molecule has 5 nitrogen and oxygen atoms in total. The monoisotopic (exact) mass is 217 g/mol. The Morgan fingerprint density at radius 3 is 3.00 bits per heavy atom. The van der Waals surface area contributed by atoms with Crippen LogP contribution in [0.4, 0.5) is 0 Å². The molecule has 0 saturated heterocycles. The van der Waals surface area contributed by atoms with Crippen molar-refractivity contribution in [3.8, 4) is 0 Å². The first-order chi connectivity index (χ1) is 7.86. The number of nitrogens with one attached hydrogen (secondary N) is 1. The first-order valence-electron chi connectivity index (χ1n) is 5.29. The Morgan fingerprint density at radius 2 is 2.31 bits per heavy atom. The van der Waals surface area contributed by atoms with E-state index in [0.29, 0.717) is 0 Å². The fourth-order valence-electron chi connectivity index (χ4n) is 1.47. The first kappa shape index (κ1) is 10.8. The zero-order chi connectivity index (χ0) is 11.2. The van der Waals surface area contributed by atoms with E-state index in [4.69, 9.17) is 0 Å². The molecule has 16 heavy (non-hydrogen) atoms. The minimum Gasteiger partial charge on any atom is -0.311 e. The van der Waals surface area contributed by atoms with E-state index in [1.54, 1.807) is 17.1 Å². The Kier molecular flexibility index (Phi) is 3.61. The Labute approximate surface area is 94.5 Å². The zero-order valence-corrected chi connectivity index (χ0v) is 9.30. The van der Waals surface area contributed by atoms with E-state index >= 15 is 0 Å². The van der Waals surface area contributed by atoms with Crippen molar-refractivity contribution in [2.24, 2.45) is 7.05 Å². The van der Waals surface area contributed by atoms with Gasteiger partial charge in [-0.3, -0.25) is 9.67 Å². The molecular formula is C11H15N5. The molecule has 0 aliphatic rings. The van der Waals surface area contributed by atoms with Gasteiger partial charge in [0.2, 0.25) is 0 Å². The second-order valence-electron chi connectivity index (χ2n) is 3.64. The van der Waals surface area contributed by atoms with Crippen molar-refractivity contribution in [1.82, 2.24) is 25.3 Å². The van der Waals surface area contributed by atoms with E-state index in [9.17, 15) is 0 Å².